The van der Waals surface area contributed by atoms with E-state index >= 15 is 0 Å². The molecule has 0 radical (unpaired) electrons. The first-order valence-corrected chi connectivity index (χ1v) is 11.4. The summed E-state index contributed by atoms with van der Waals surface area (Å²) in [4.78, 5) is 14.9. The molecule has 1 fully saturated rings. The fourth-order valence-corrected chi connectivity index (χ4v) is 4.25. The van der Waals surface area contributed by atoms with Crippen LogP contribution in [0.2, 0.25) is 0 Å². The van der Waals surface area contributed by atoms with Gasteiger partial charge in [-0.15, -0.1) is 0 Å². The maximum Gasteiger partial charge on any atom is 0.229 e. The second-order valence-electron chi connectivity index (χ2n) is 8.91. The number of benzene rings is 2. The third-order valence-corrected chi connectivity index (χ3v) is 6.34. The van der Waals surface area contributed by atoms with Gasteiger partial charge in [0.1, 0.15) is 35.0 Å². The number of hydrogen-bond acceptors (Lipinski definition) is 8. The highest BCUT2D eigenvalue weighted by molar-refractivity contribution is 5.83. The molecule has 10 heteroatoms. The van der Waals surface area contributed by atoms with E-state index in [2.05, 4.69) is 30.5 Å². The van der Waals surface area contributed by atoms with Crippen LogP contribution in [0.5, 0.6) is 5.75 Å². The molecule has 0 bridgehead atoms. The smallest absolute Gasteiger partial charge is 0.229 e. The molecule has 2 aromatic heterocycles. The van der Waals surface area contributed by atoms with Gasteiger partial charge in [-0.3, -0.25) is 9.88 Å². The normalized spacial score (nSPS) is 19.2. The van der Waals surface area contributed by atoms with Crippen LogP contribution in [0.15, 0.2) is 60.9 Å². The number of rotatable bonds is 8. The standard InChI is InChI=1S/C26H26F2N6O2/c1-34(2)26(35-3)13-20(14-26)36-19-6-4-17(5-7-19)32-25-29-9-8-24(33-25)31-18-12-21-22(28)10-16(27)11-23(21)30-15-18/h4-12,15,20H,13-14H2,1-3H3,(H2,29,31,32,33). The summed E-state index contributed by atoms with van der Waals surface area (Å²) in [5.41, 5.74) is 1.30. The van der Waals surface area contributed by atoms with Gasteiger partial charge >= 0.3 is 0 Å². The summed E-state index contributed by atoms with van der Waals surface area (Å²) >= 11 is 0. The molecule has 5 rings (SSSR count). The Balaban J connectivity index is 1.21. The van der Waals surface area contributed by atoms with Crippen LogP contribution in [-0.4, -0.2) is 52.9 Å². The minimum atomic E-state index is -0.674. The van der Waals surface area contributed by atoms with Gasteiger partial charge < -0.3 is 20.1 Å². The van der Waals surface area contributed by atoms with Gasteiger partial charge in [0.2, 0.25) is 5.95 Å². The number of halogens is 2. The number of nitrogens with zero attached hydrogens (tertiary/aromatic N) is 4. The molecule has 1 aliphatic carbocycles. The van der Waals surface area contributed by atoms with E-state index in [-0.39, 0.29) is 22.7 Å². The van der Waals surface area contributed by atoms with Crippen molar-refractivity contribution in [3.63, 3.8) is 0 Å². The van der Waals surface area contributed by atoms with Crippen LogP contribution in [0, 0.1) is 11.6 Å². The molecule has 1 aliphatic rings. The summed E-state index contributed by atoms with van der Waals surface area (Å²) in [6, 6.07) is 12.8. The van der Waals surface area contributed by atoms with Crippen molar-refractivity contribution in [1.29, 1.82) is 0 Å². The van der Waals surface area contributed by atoms with Gasteiger partial charge in [0.15, 0.2) is 0 Å². The van der Waals surface area contributed by atoms with Crippen LogP contribution in [-0.2, 0) is 4.74 Å². The Morgan fingerprint density at radius 3 is 2.47 bits per heavy atom. The maximum atomic E-state index is 14.1. The van der Waals surface area contributed by atoms with Crippen LogP contribution in [0.1, 0.15) is 12.8 Å². The Morgan fingerprint density at radius 2 is 1.75 bits per heavy atom. The summed E-state index contributed by atoms with van der Waals surface area (Å²) < 4.78 is 39.2. The third kappa shape index (κ3) is 4.91. The molecule has 2 aromatic carbocycles. The summed E-state index contributed by atoms with van der Waals surface area (Å²) in [7, 11) is 5.74. The molecule has 2 N–H and O–H groups in total. The summed E-state index contributed by atoms with van der Waals surface area (Å²) in [6.45, 7) is 0. The van der Waals surface area contributed by atoms with Gasteiger partial charge in [-0.25, -0.2) is 13.8 Å². The van der Waals surface area contributed by atoms with Crippen molar-refractivity contribution in [3.8, 4) is 5.75 Å². The van der Waals surface area contributed by atoms with Gasteiger partial charge in [0.05, 0.1) is 17.4 Å². The lowest BCUT2D eigenvalue weighted by Crippen LogP contribution is -2.59. The van der Waals surface area contributed by atoms with Crippen molar-refractivity contribution in [3.05, 3.63) is 72.6 Å². The number of methoxy groups -OCH3 is 1. The lowest BCUT2D eigenvalue weighted by molar-refractivity contribution is -0.204. The monoisotopic (exact) mass is 492 g/mol. The van der Waals surface area contributed by atoms with Gasteiger partial charge in [-0.1, -0.05) is 0 Å². The Labute approximate surface area is 207 Å². The van der Waals surface area contributed by atoms with Crippen LogP contribution in [0.4, 0.5) is 31.9 Å². The van der Waals surface area contributed by atoms with Crippen LogP contribution in [0.25, 0.3) is 10.9 Å². The van der Waals surface area contributed by atoms with E-state index in [0.29, 0.717) is 17.5 Å². The number of anilines is 4. The minimum Gasteiger partial charge on any atom is -0.490 e. The molecule has 0 aliphatic heterocycles. The maximum absolute atomic E-state index is 14.1. The minimum absolute atomic E-state index is 0.106. The second-order valence-corrected chi connectivity index (χ2v) is 8.91. The predicted octanol–water partition coefficient (Wildman–Crippen LogP) is 5.24. The number of pyridine rings is 1. The Bertz CT molecular complexity index is 1380. The van der Waals surface area contributed by atoms with E-state index in [1.54, 1.807) is 25.4 Å². The predicted molar refractivity (Wildman–Crippen MR) is 134 cm³/mol. The van der Waals surface area contributed by atoms with Crippen molar-refractivity contribution in [2.45, 2.75) is 24.7 Å². The van der Waals surface area contributed by atoms with Gasteiger partial charge in [0, 0.05) is 49.4 Å². The van der Waals surface area contributed by atoms with Crippen LogP contribution in [0.3, 0.4) is 0 Å². The number of hydrogen-bond donors (Lipinski definition) is 2. The molecule has 0 saturated heterocycles. The van der Waals surface area contributed by atoms with Crippen molar-refractivity contribution < 1.29 is 18.3 Å². The van der Waals surface area contributed by atoms with Crippen LogP contribution >= 0.6 is 0 Å². The van der Waals surface area contributed by atoms with E-state index < -0.39 is 11.6 Å². The fourth-order valence-electron chi connectivity index (χ4n) is 4.25. The molecule has 1 saturated carbocycles. The summed E-state index contributed by atoms with van der Waals surface area (Å²) in [5, 5.41) is 6.45. The van der Waals surface area contributed by atoms with Crippen molar-refractivity contribution >= 4 is 34.0 Å². The zero-order valence-electron chi connectivity index (χ0n) is 20.1. The number of fused-ring (bicyclic) bond motifs is 1. The molecule has 0 unspecified atom stereocenters. The molecule has 186 valence electrons. The quantitative estimate of drug-likeness (QED) is 0.323. The third-order valence-electron chi connectivity index (χ3n) is 6.34. The number of aromatic nitrogens is 3. The van der Waals surface area contributed by atoms with Crippen LogP contribution < -0.4 is 15.4 Å². The second kappa shape index (κ2) is 9.63. The molecule has 0 atom stereocenters. The lowest BCUT2D eigenvalue weighted by atomic mass is 9.83. The molecular formula is C26H26F2N6O2. The average molecular weight is 493 g/mol. The summed E-state index contributed by atoms with van der Waals surface area (Å²) in [6.07, 6.45) is 4.81. The summed E-state index contributed by atoms with van der Waals surface area (Å²) in [5.74, 6) is 0.307. The Kier molecular flexibility index (Phi) is 6.38. The van der Waals surface area contributed by atoms with Crippen molar-refractivity contribution in [2.75, 3.05) is 31.8 Å². The highest BCUT2D eigenvalue weighted by atomic mass is 19.1. The first-order chi connectivity index (χ1) is 17.3. The van der Waals surface area contributed by atoms with Gasteiger partial charge in [-0.2, -0.15) is 4.98 Å². The first-order valence-electron chi connectivity index (χ1n) is 11.4. The van der Waals surface area contributed by atoms with Crippen molar-refractivity contribution in [2.24, 2.45) is 0 Å². The topological polar surface area (TPSA) is 84.4 Å². The highest BCUT2D eigenvalue weighted by Crippen LogP contribution is 2.39. The fraction of sp³-hybridized carbons (Fsp3) is 0.269. The highest BCUT2D eigenvalue weighted by Gasteiger charge is 2.48. The van der Waals surface area contributed by atoms with E-state index in [1.807, 2.05) is 38.4 Å². The first kappa shape index (κ1) is 23.8. The Morgan fingerprint density at radius 1 is 0.972 bits per heavy atom. The zero-order chi connectivity index (χ0) is 25.3. The lowest BCUT2D eigenvalue weighted by Gasteiger charge is -2.50. The van der Waals surface area contributed by atoms with E-state index in [9.17, 15) is 8.78 Å². The van der Waals surface area contributed by atoms with Crippen molar-refractivity contribution in [1.82, 2.24) is 19.9 Å². The molecular weight excluding hydrogens is 466 g/mol. The molecule has 0 spiro atoms. The number of ether oxygens (including phenoxy) is 2. The van der Waals surface area contributed by atoms with Gasteiger partial charge in [0.25, 0.3) is 0 Å². The zero-order valence-corrected chi connectivity index (χ0v) is 20.1. The van der Waals surface area contributed by atoms with E-state index in [0.717, 1.165) is 30.3 Å². The number of nitrogens with one attached hydrogen (secondary N) is 2. The molecule has 4 aromatic rings. The molecule has 2 heterocycles. The van der Waals surface area contributed by atoms with E-state index in [1.165, 1.54) is 12.3 Å². The van der Waals surface area contributed by atoms with E-state index in [4.69, 9.17) is 9.47 Å². The largest absolute Gasteiger partial charge is 0.490 e. The Hall–Kier alpha value is -3.89. The van der Waals surface area contributed by atoms with Gasteiger partial charge in [-0.05, 0) is 50.5 Å². The SMILES string of the molecule is COC1(N(C)C)CC(Oc2ccc(Nc3nccc(Nc4cnc5cc(F)cc(F)c5c4)n3)cc2)C1. The average Bonchev–Trinajstić information content (AvgIpc) is 2.82. The molecule has 0 amide bonds. The molecule has 8 nitrogen and oxygen atoms in total. The molecule has 36 heavy (non-hydrogen) atoms.